The fourth-order valence-corrected chi connectivity index (χ4v) is 5.23. The van der Waals surface area contributed by atoms with Crippen molar-refractivity contribution >= 4 is 0 Å². The molecule has 0 spiro atoms. The number of hydrogen-bond acceptors (Lipinski definition) is 0. The van der Waals surface area contributed by atoms with Gasteiger partial charge in [0.2, 0.25) is 0 Å². The summed E-state index contributed by atoms with van der Waals surface area (Å²) >= 11 is 0. The lowest BCUT2D eigenvalue weighted by Crippen LogP contribution is -2.39. The van der Waals surface area contributed by atoms with E-state index in [2.05, 4.69) is 41.5 Å². The van der Waals surface area contributed by atoms with Crippen LogP contribution in [0.4, 0.5) is 0 Å². The van der Waals surface area contributed by atoms with Crippen LogP contribution in [-0.4, -0.2) is 0 Å². The second-order valence-corrected chi connectivity index (χ2v) is 8.39. The molecule has 0 heterocycles. The van der Waals surface area contributed by atoms with Crippen molar-refractivity contribution in [1.29, 1.82) is 0 Å². The Kier molecular flexibility index (Phi) is 5.01. The summed E-state index contributed by atoms with van der Waals surface area (Å²) in [6.45, 7) is 15.2. The SMILES string of the molecule is CC1CCC(C)C(C)C(C2C(C)CCC(C)C2C)C1. The van der Waals surface area contributed by atoms with Crippen molar-refractivity contribution in [3.8, 4) is 0 Å². The number of rotatable bonds is 1. The topological polar surface area (TPSA) is 0 Å². The van der Waals surface area contributed by atoms with Crippen molar-refractivity contribution in [3.05, 3.63) is 0 Å². The highest BCUT2D eigenvalue weighted by atomic mass is 14.5. The van der Waals surface area contributed by atoms with E-state index in [9.17, 15) is 0 Å². The molecule has 2 saturated carbocycles. The number of hydrogen-bond donors (Lipinski definition) is 0. The first kappa shape index (κ1) is 15.4. The molecule has 2 aliphatic rings. The van der Waals surface area contributed by atoms with Gasteiger partial charge < -0.3 is 0 Å². The lowest BCUT2D eigenvalue weighted by atomic mass is 9.59. The third-order valence-electron chi connectivity index (χ3n) is 7.10. The van der Waals surface area contributed by atoms with Crippen LogP contribution >= 0.6 is 0 Å². The Bertz CT molecular complexity index is 282. The van der Waals surface area contributed by atoms with Gasteiger partial charge in [-0.1, -0.05) is 67.2 Å². The zero-order chi connectivity index (χ0) is 14.2. The van der Waals surface area contributed by atoms with E-state index in [1.54, 1.807) is 0 Å². The first-order valence-corrected chi connectivity index (χ1v) is 8.91. The predicted octanol–water partition coefficient (Wildman–Crippen LogP) is 6.01. The van der Waals surface area contributed by atoms with Crippen LogP contribution in [0.25, 0.3) is 0 Å². The Morgan fingerprint density at radius 2 is 1.11 bits per heavy atom. The Hall–Kier alpha value is 0. The maximum atomic E-state index is 2.56. The monoisotopic (exact) mass is 264 g/mol. The first-order chi connectivity index (χ1) is 8.91. The molecule has 8 atom stereocenters. The summed E-state index contributed by atoms with van der Waals surface area (Å²) in [7, 11) is 0. The van der Waals surface area contributed by atoms with Gasteiger partial charge >= 0.3 is 0 Å². The van der Waals surface area contributed by atoms with Gasteiger partial charge in [0.05, 0.1) is 0 Å². The van der Waals surface area contributed by atoms with Crippen molar-refractivity contribution in [1.82, 2.24) is 0 Å². The van der Waals surface area contributed by atoms with E-state index in [0.717, 1.165) is 47.3 Å². The summed E-state index contributed by atoms with van der Waals surface area (Å²) < 4.78 is 0. The smallest absolute Gasteiger partial charge is 0.0329 e. The van der Waals surface area contributed by atoms with Gasteiger partial charge in [0.25, 0.3) is 0 Å². The molecule has 2 aliphatic carbocycles. The molecule has 0 bridgehead atoms. The van der Waals surface area contributed by atoms with Gasteiger partial charge in [0, 0.05) is 0 Å². The highest BCUT2D eigenvalue weighted by molar-refractivity contribution is 4.91. The molecule has 8 unspecified atom stereocenters. The second kappa shape index (κ2) is 6.19. The van der Waals surface area contributed by atoms with Crippen molar-refractivity contribution in [2.45, 2.75) is 73.6 Å². The van der Waals surface area contributed by atoms with E-state index >= 15 is 0 Å². The standard InChI is InChI=1S/C19H36/c1-12-7-8-13(2)16(5)18(11-12)19-15(4)10-9-14(3)17(19)6/h12-19H,7-11H2,1-6H3. The molecule has 0 aliphatic heterocycles. The first-order valence-electron chi connectivity index (χ1n) is 8.91. The van der Waals surface area contributed by atoms with Crippen LogP contribution in [0.2, 0.25) is 0 Å². The Morgan fingerprint density at radius 3 is 1.79 bits per heavy atom. The maximum Gasteiger partial charge on any atom is -0.0329 e. The fourth-order valence-electron chi connectivity index (χ4n) is 5.23. The summed E-state index contributed by atoms with van der Waals surface area (Å²) in [5.41, 5.74) is 0. The van der Waals surface area contributed by atoms with Crippen LogP contribution in [0, 0.1) is 47.3 Å². The minimum atomic E-state index is 0.935. The Labute approximate surface area is 121 Å². The summed E-state index contributed by atoms with van der Waals surface area (Å²) in [6, 6.07) is 0. The molecule has 0 radical (unpaired) electrons. The minimum Gasteiger partial charge on any atom is -0.0625 e. The molecule has 0 nitrogen and oxygen atoms in total. The molecular formula is C19H36. The van der Waals surface area contributed by atoms with Crippen LogP contribution in [0.1, 0.15) is 73.6 Å². The molecule has 0 amide bonds. The third-order valence-corrected chi connectivity index (χ3v) is 7.10. The van der Waals surface area contributed by atoms with E-state index in [4.69, 9.17) is 0 Å². The highest BCUT2D eigenvalue weighted by Crippen LogP contribution is 2.49. The maximum absolute atomic E-state index is 2.56. The Morgan fingerprint density at radius 1 is 0.579 bits per heavy atom. The van der Waals surface area contributed by atoms with Gasteiger partial charge in [-0.05, 0) is 53.8 Å². The lowest BCUT2D eigenvalue weighted by molar-refractivity contribution is 0.0279. The van der Waals surface area contributed by atoms with Gasteiger partial charge in [-0.2, -0.15) is 0 Å². The van der Waals surface area contributed by atoms with Crippen LogP contribution in [0.3, 0.4) is 0 Å². The molecule has 2 rings (SSSR count). The van der Waals surface area contributed by atoms with E-state index in [0.29, 0.717) is 0 Å². The normalized spacial score (nSPS) is 52.7. The van der Waals surface area contributed by atoms with Crippen LogP contribution in [-0.2, 0) is 0 Å². The van der Waals surface area contributed by atoms with Crippen molar-refractivity contribution in [2.75, 3.05) is 0 Å². The van der Waals surface area contributed by atoms with Crippen molar-refractivity contribution in [3.63, 3.8) is 0 Å². The molecule has 0 aromatic rings. The van der Waals surface area contributed by atoms with E-state index in [1.165, 1.54) is 32.1 Å². The molecule has 112 valence electrons. The van der Waals surface area contributed by atoms with Gasteiger partial charge in [-0.15, -0.1) is 0 Å². The van der Waals surface area contributed by atoms with Crippen molar-refractivity contribution in [2.24, 2.45) is 47.3 Å². The van der Waals surface area contributed by atoms with Gasteiger partial charge in [0.15, 0.2) is 0 Å². The molecule has 0 aromatic carbocycles. The zero-order valence-corrected chi connectivity index (χ0v) is 14.2. The predicted molar refractivity (Wildman–Crippen MR) is 85.0 cm³/mol. The van der Waals surface area contributed by atoms with Gasteiger partial charge in [-0.25, -0.2) is 0 Å². The molecule has 19 heavy (non-hydrogen) atoms. The van der Waals surface area contributed by atoms with Crippen LogP contribution < -0.4 is 0 Å². The molecular weight excluding hydrogens is 228 g/mol. The van der Waals surface area contributed by atoms with Crippen LogP contribution in [0.5, 0.6) is 0 Å². The van der Waals surface area contributed by atoms with E-state index in [1.807, 2.05) is 0 Å². The summed E-state index contributed by atoms with van der Waals surface area (Å²) in [6.07, 6.45) is 7.36. The van der Waals surface area contributed by atoms with E-state index < -0.39 is 0 Å². The Balaban J connectivity index is 2.20. The average Bonchev–Trinajstić information content (AvgIpc) is 2.49. The molecule has 0 aromatic heterocycles. The third kappa shape index (κ3) is 3.19. The summed E-state index contributed by atoms with van der Waals surface area (Å²) in [4.78, 5) is 0. The summed E-state index contributed by atoms with van der Waals surface area (Å²) in [5, 5.41) is 0. The van der Waals surface area contributed by atoms with E-state index in [-0.39, 0.29) is 0 Å². The lowest BCUT2D eigenvalue weighted by Gasteiger charge is -2.46. The molecule has 0 saturated heterocycles. The fraction of sp³-hybridized carbons (Fsp3) is 1.00. The summed E-state index contributed by atoms with van der Waals surface area (Å²) in [5.74, 6) is 7.64. The highest BCUT2D eigenvalue weighted by Gasteiger charge is 2.41. The quantitative estimate of drug-likeness (QED) is 0.508. The minimum absolute atomic E-state index is 0.935. The average molecular weight is 264 g/mol. The molecule has 2 fully saturated rings. The van der Waals surface area contributed by atoms with Crippen LogP contribution in [0.15, 0.2) is 0 Å². The second-order valence-electron chi connectivity index (χ2n) is 8.39. The molecule has 0 heteroatoms. The largest absolute Gasteiger partial charge is 0.0625 e. The zero-order valence-electron chi connectivity index (χ0n) is 14.2. The molecule has 0 N–H and O–H groups in total. The van der Waals surface area contributed by atoms with Crippen molar-refractivity contribution < 1.29 is 0 Å². The van der Waals surface area contributed by atoms with Gasteiger partial charge in [0.1, 0.15) is 0 Å². The van der Waals surface area contributed by atoms with Gasteiger partial charge in [-0.3, -0.25) is 0 Å².